The van der Waals surface area contributed by atoms with Crippen molar-refractivity contribution in [2.75, 3.05) is 0 Å². The van der Waals surface area contributed by atoms with Crippen LogP contribution >= 0.6 is 0 Å². The maximum Gasteiger partial charge on any atom is 0.306 e. The quantitative estimate of drug-likeness (QED) is 0.0648. The Labute approximate surface area is 224 Å². The molecule has 4 nitrogen and oxygen atoms in total. The fourth-order valence-electron chi connectivity index (χ4n) is 4.63. The topological polar surface area (TPSA) is 63.6 Å². The molecule has 0 aromatic carbocycles. The standard InChI is InChI=1S/C32H60O4/c1-3-5-7-9-11-12-13-14-16-21-25-29-32(35)36-30(26-22-18-15-10-8-6-4-2)27-23-19-17-20-24-28-31(33)34/h9,11,30H,3-8,10,12-29H2,1-2H3,(H,33,34)/b11-9-. The predicted octanol–water partition coefficient (Wildman–Crippen LogP) is 10.3. The second-order valence-corrected chi connectivity index (χ2v) is 10.6. The lowest BCUT2D eigenvalue weighted by atomic mass is 10.0. The van der Waals surface area contributed by atoms with Crippen LogP contribution in [0, 0.1) is 0 Å². The highest BCUT2D eigenvalue weighted by Gasteiger charge is 2.14. The molecule has 4 heteroatoms. The highest BCUT2D eigenvalue weighted by Crippen LogP contribution is 2.18. The molecule has 0 aliphatic heterocycles. The van der Waals surface area contributed by atoms with Crippen LogP contribution in [0.3, 0.4) is 0 Å². The molecule has 0 aliphatic carbocycles. The van der Waals surface area contributed by atoms with Crippen LogP contribution in [0.4, 0.5) is 0 Å². The molecule has 0 aliphatic rings. The van der Waals surface area contributed by atoms with Crippen molar-refractivity contribution in [1.29, 1.82) is 0 Å². The zero-order valence-electron chi connectivity index (χ0n) is 24.1. The number of unbranched alkanes of at least 4 members (excludes halogenated alkanes) is 17. The van der Waals surface area contributed by atoms with Crippen LogP contribution < -0.4 is 0 Å². The second kappa shape index (κ2) is 28.3. The highest BCUT2D eigenvalue weighted by molar-refractivity contribution is 5.69. The van der Waals surface area contributed by atoms with Crippen LogP contribution in [-0.2, 0) is 14.3 Å². The molecule has 1 unspecified atom stereocenters. The molecule has 0 radical (unpaired) electrons. The summed E-state index contributed by atoms with van der Waals surface area (Å²) in [4.78, 5) is 23.1. The molecule has 0 spiro atoms. The molecular formula is C32H60O4. The Morgan fingerprint density at radius 1 is 0.583 bits per heavy atom. The Kier molecular flexibility index (Phi) is 27.2. The molecule has 0 amide bonds. The molecule has 212 valence electrons. The molecule has 0 aromatic heterocycles. The third-order valence-electron chi connectivity index (χ3n) is 6.99. The van der Waals surface area contributed by atoms with E-state index >= 15 is 0 Å². The molecule has 0 saturated heterocycles. The number of allylic oxidation sites excluding steroid dienone is 2. The van der Waals surface area contributed by atoms with E-state index in [4.69, 9.17) is 9.84 Å². The molecule has 1 atom stereocenters. The third-order valence-corrected chi connectivity index (χ3v) is 6.99. The Balaban J connectivity index is 4.03. The number of hydrogen-bond donors (Lipinski definition) is 1. The van der Waals surface area contributed by atoms with Crippen molar-refractivity contribution in [3.05, 3.63) is 12.2 Å². The average molecular weight is 509 g/mol. The van der Waals surface area contributed by atoms with Gasteiger partial charge in [-0.2, -0.15) is 0 Å². The minimum Gasteiger partial charge on any atom is -0.481 e. The summed E-state index contributed by atoms with van der Waals surface area (Å²) in [6.07, 6.45) is 32.1. The van der Waals surface area contributed by atoms with Crippen LogP contribution in [0.1, 0.15) is 174 Å². The lowest BCUT2D eigenvalue weighted by Crippen LogP contribution is -2.18. The normalized spacial score (nSPS) is 12.3. The number of esters is 1. The Morgan fingerprint density at radius 3 is 1.58 bits per heavy atom. The van der Waals surface area contributed by atoms with Crippen molar-refractivity contribution in [3.8, 4) is 0 Å². The average Bonchev–Trinajstić information content (AvgIpc) is 2.85. The van der Waals surface area contributed by atoms with Gasteiger partial charge in [0.1, 0.15) is 6.10 Å². The fourth-order valence-corrected chi connectivity index (χ4v) is 4.63. The maximum atomic E-state index is 12.5. The fraction of sp³-hybridized carbons (Fsp3) is 0.875. The number of aliphatic carboxylic acids is 1. The number of rotatable bonds is 28. The zero-order chi connectivity index (χ0) is 26.5. The van der Waals surface area contributed by atoms with E-state index in [-0.39, 0.29) is 18.5 Å². The van der Waals surface area contributed by atoms with E-state index in [0.29, 0.717) is 6.42 Å². The van der Waals surface area contributed by atoms with Gasteiger partial charge in [0.25, 0.3) is 0 Å². The van der Waals surface area contributed by atoms with Gasteiger partial charge in [-0.05, 0) is 57.8 Å². The third kappa shape index (κ3) is 27.3. The van der Waals surface area contributed by atoms with E-state index in [1.54, 1.807) is 0 Å². The summed E-state index contributed by atoms with van der Waals surface area (Å²) in [5.74, 6) is -0.713. The molecule has 0 heterocycles. The lowest BCUT2D eigenvalue weighted by molar-refractivity contribution is -0.150. The van der Waals surface area contributed by atoms with Gasteiger partial charge in [0.05, 0.1) is 0 Å². The van der Waals surface area contributed by atoms with Crippen molar-refractivity contribution < 1.29 is 19.4 Å². The van der Waals surface area contributed by atoms with E-state index in [9.17, 15) is 9.59 Å². The zero-order valence-corrected chi connectivity index (χ0v) is 24.1. The molecule has 0 fully saturated rings. The van der Waals surface area contributed by atoms with Crippen LogP contribution in [0.15, 0.2) is 12.2 Å². The lowest BCUT2D eigenvalue weighted by Gasteiger charge is -2.18. The van der Waals surface area contributed by atoms with Gasteiger partial charge in [0.2, 0.25) is 0 Å². The number of carboxylic acid groups (broad SMARTS) is 1. The van der Waals surface area contributed by atoms with Gasteiger partial charge in [0, 0.05) is 12.8 Å². The molecule has 0 rings (SSSR count). The predicted molar refractivity (Wildman–Crippen MR) is 153 cm³/mol. The smallest absolute Gasteiger partial charge is 0.306 e. The summed E-state index contributed by atoms with van der Waals surface area (Å²) in [5, 5.41) is 8.74. The van der Waals surface area contributed by atoms with Crippen LogP contribution in [0.25, 0.3) is 0 Å². The summed E-state index contributed by atoms with van der Waals surface area (Å²) in [6.45, 7) is 4.48. The number of carbonyl (C=O) groups excluding carboxylic acids is 1. The van der Waals surface area contributed by atoms with E-state index in [2.05, 4.69) is 26.0 Å². The van der Waals surface area contributed by atoms with Crippen molar-refractivity contribution in [1.82, 2.24) is 0 Å². The Bertz CT molecular complexity index is 514. The van der Waals surface area contributed by atoms with Gasteiger partial charge < -0.3 is 9.84 Å². The molecule has 0 aromatic rings. The number of carboxylic acids is 1. The SMILES string of the molecule is CCCC/C=C\CCCCCCCC(=O)OC(CCCCCCCCC)CCCCCCCC(=O)O. The first-order chi connectivity index (χ1) is 17.6. The largest absolute Gasteiger partial charge is 0.481 e. The summed E-state index contributed by atoms with van der Waals surface area (Å²) in [7, 11) is 0. The molecule has 0 bridgehead atoms. The van der Waals surface area contributed by atoms with Crippen LogP contribution in [0.5, 0.6) is 0 Å². The van der Waals surface area contributed by atoms with E-state index in [1.165, 1.54) is 83.5 Å². The van der Waals surface area contributed by atoms with Gasteiger partial charge in [-0.15, -0.1) is 0 Å². The van der Waals surface area contributed by atoms with Crippen LogP contribution in [-0.4, -0.2) is 23.1 Å². The van der Waals surface area contributed by atoms with E-state index < -0.39 is 5.97 Å². The second-order valence-electron chi connectivity index (χ2n) is 10.6. The van der Waals surface area contributed by atoms with Gasteiger partial charge in [-0.25, -0.2) is 0 Å². The Morgan fingerprint density at radius 2 is 1.03 bits per heavy atom. The Hall–Kier alpha value is -1.32. The molecule has 36 heavy (non-hydrogen) atoms. The summed E-state index contributed by atoms with van der Waals surface area (Å²) < 4.78 is 5.92. The van der Waals surface area contributed by atoms with Gasteiger partial charge in [-0.3, -0.25) is 9.59 Å². The summed E-state index contributed by atoms with van der Waals surface area (Å²) in [5.41, 5.74) is 0. The highest BCUT2D eigenvalue weighted by atomic mass is 16.5. The number of ether oxygens (including phenoxy) is 1. The first-order valence-corrected chi connectivity index (χ1v) is 15.7. The van der Waals surface area contributed by atoms with Crippen molar-refractivity contribution in [2.24, 2.45) is 0 Å². The van der Waals surface area contributed by atoms with Crippen molar-refractivity contribution in [2.45, 2.75) is 180 Å². The first kappa shape index (κ1) is 34.7. The molecule has 1 N–H and O–H groups in total. The van der Waals surface area contributed by atoms with Gasteiger partial charge in [-0.1, -0.05) is 116 Å². The van der Waals surface area contributed by atoms with Crippen molar-refractivity contribution in [3.63, 3.8) is 0 Å². The number of carbonyl (C=O) groups is 2. The molecular weight excluding hydrogens is 448 g/mol. The van der Waals surface area contributed by atoms with Crippen molar-refractivity contribution >= 4 is 11.9 Å². The first-order valence-electron chi connectivity index (χ1n) is 15.7. The van der Waals surface area contributed by atoms with E-state index in [0.717, 1.165) is 64.2 Å². The summed E-state index contributed by atoms with van der Waals surface area (Å²) >= 11 is 0. The maximum absolute atomic E-state index is 12.5. The minimum absolute atomic E-state index is 0.0109. The summed E-state index contributed by atoms with van der Waals surface area (Å²) in [6, 6.07) is 0. The van der Waals surface area contributed by atoms with Gasteiger partial charge >= 0.3 is 11.9 Å². The molecule has 0 saturated carbocycles. The minimum atomic E-state index is -0.702. The number of hydrogen-bond acceptors (Lipinski definition) is 3. The van der Waals surface area contributed by atoms with E-state index in [1.807, 2.05) is 0 Å². The van der Waals surface area contributed by atoms with Crippen LogP contribution in [0.2, 0.25) is 0 Å². The van der Waals surface area contributed by atoms with Gasteiger partial charge in [0.15, 0.2) is 0 Å². The monoisotopic (exact) mass is 508 g/mol.